The molecule has 1 saturated heterocycles. The van der Waals surface area contributed by atoms with Gasteiger partial charge in [-0.05, 0) is 19.4 Å². The molecule has 4 heteroatoms. The van der Waals surface area contributed by atoms with Crippen molar-refractivity contribution in [3.8, 4) is 0 Å². The highest BCUT2D eigenvalue weighted by Gasteiger charge is 2.30. The Labute approximate surface area is 77.5 Å². The molecule has 1 aliphatic heterocycles. The molecule has 0 aromatic carbocycles. The van der Waals surface area contributed by atoms with E-state index in [1.807, 2.05) is 11.8 Å². The average molecular weight is 185 g/mol. The number of carboxylic acid groups (broad SMARTS) is 1. The molecule has 1 N–H and O–H groups in total. The third kappa shape index (κ3) is 2.52. The average Bonchev–Trinajstić information content (AvgIpc) is 2.52. The van der Waals surface area contributed by atoms with Gasteiger partial charge in [-0.2, -0.15) is 0 Å². The Bertz CT molecular complexity index is 205. The van der Waals surface area contributed by atoms with E-state index in [2.05, 4.69) is 0 Å². The van der Waals surface area contributed by atoms with E-state index < -0.39 is 5.97 Å². The Hall–Kier alpha value is -0.900. The molecule has 1 rings (SSSR count). The number of rotatable bonds is 4. The van der Waals surface area contributed by atoms with Gasteiger partial charge in [-0.25, -0.2) is 0 Å². The molecule has 1 unspecified atom stereocenters. The second-order valence-corrected chi connectivity index (χ2v) is 3.60. The van der Waals surface area contributed by atoms with Crippen molar-refractivity contribution < 1.29 is 14.7 Å². The largest absolute Gasteiger partial charge is 0.480 e. The van der Waals surface area contributed by atoms with Crippen LogP contribution in [0.1, 0.15) is 19.8 Å². The lowest BCUT2D eigenvalue weighted by molar-refractivity contribution is -0.142. The van der Waals surface area contributed by atoms with Crippen LogP contribution in [0.15, 0.2) is 0 Å². The summed E-state index contributed by atoms with van der Waals surface area (Å²) in [5, 5.41) is 8.84. The number of hydrogen-bond acceptors (Lipinski definition) is 3. The van der Waals surface area contributed by atoms with E-state index >= 15 is 0 Å². The molecule has 1 fully saturated rings. The first-order valence-electron chi connectivity index (χ1n) is 4.57. The van der Waals surface area contributed by atoms with E-state index in [1.165, 1.54) is 0 Å². The summed E-state index contributed by atoms with van der Waals surface area (Å²) in [4.78, 5) is 23.0. The van der Waals surface area contributed by atoms with Crippen molar-refractivity contribution in [3.05, 3.63) is 0 Å². The van der Waals surface area contributed by atoms with E-state index in [4.69, 9.17) is 5.11 Å². The van der Waals surface area contributed by atoms with E-state index in [0.29, 0.717) is 13.0 Å². The van der Waals surface area contributed by atoms with Gasteiger partial charge in [0.15, 0.2) is 0 Å². The van der Waals surface area contributed by atoms with E-state index in [-0.39, 0.29) is 12.0 Å². The summed E-state index contributed by atoms with van der Waals surface area (Å²) in [5.41, 5.74) is 0. The molecule has 1 heterocycles. The zero-order valence-electron chi connectivity index (χ0n) is 7.77. The lowest BCUT2D eigenvalue weighted by Crippen LogP contribution is -2.38. The van der Waals surface area contributed by atoms with Crippen LogP contribution in [0, 0.1) is 5.92 Å². The predicted octanol–water partition coefficient (Wildman–Crippen LogP) is 0.370. The lowest BCUT2D eigenvalue weighted by Gasteiger charge is -2.22. The van der Waals surface area contributed by atoms with Gasteiger partial charge in [-0.15, -0.1) is 0 Å². The minimum absolute atomic E-state index is 0.0695. The first kappa shape index (κ1) is 10.2. The number of likely N-dealkylation sites (tertiary alicyclic amines) is 1. The fourth-order valence-corrected chi connectivity index (χ4v) is 1.74. The third-order valence-electron chi connectivity index (χ3n) is 2.40. The van der Waals surface area contributed by atoms with Gasteiger partial charge in [0.05, 0.1) is 0 Å². The second-order valence-electron chi connectivity index (χ2n) is 3.60. The van der Waals surface area contributed by atoms with Gasteiger partial charge in [0.2, 0.25) is 0 Å². The normalized spacial score (nSPS) is 25.8. The summed E-state index contributed by atoms with van der Waals surface area (Å²) in [6.45, 7) is 3.18. The minimum Gasteiger partial charge on any atom is -0.480 e. The van der Waals surface area contributed by atoms with Crippen molar-refractivity contribution in [2.45, 2.75) is 25.8 Å². The van der Waals surface area contributed by atoms with Gasteiger partial charge in [0, 0.05) is 12.5 Å². The number of carbonyl (C=O) groups is 2. The molecule has 0 aromatic rings. The molecule has 2 atom stereocenters. The zero-order valence-corrected chi connectivity index (χ0v) is 7.77. The molecule has 4 nitrogen and oxygen atoms in total. The molecule has 0 radical (unpaired) electrons. The summed E-state index contributed by atoms with van der Waals surface area (Å²) in [7, 11) is 0. The van der Waals surface area contributed by atoms with Crippen molar-refractivity contribution in [2.75, 3.05) is 13.1 Å². The van der Waals surface area contributed by atoms with Crippen LogP contribution in [0.5, 0.6) is 0 Å². The van der Waals surface area contributed by atoms with Crippen LogP contribution in [0.2, 0.25) is 0 Å². The van der Waals surface area contributed by atoms with Gasteiger partial charge in [-0.1, -0.05) is 6.92 Å². The Morgan fingerprint density at radius 1 is 1.77 bits per heavy atom. The molecule has 0 bridgehead atoms. The summed E-state index contributed by atoms with van der Waals surface area (Å²) in [6, 6.07) is -0.373. The van der Waals surface area contributed by atoms with Gasteiger partial charge in [-0.3, -0.25) is 9.69 Å². The highest BCUT2D eigenvalue weighted by molar-refractivity contribution is 5.73. The van der Waals surface area contributed by atoms with Crippen molar-refractivity contribution in [1.29, 1.82) is 0 Å². The smallest absolute Gasteiger partial charge is 0.320 e. The number of carbonyl (C=O) groups excluding carboxylic acids is 1. The molecule has 0 aliphatic carbocycles. The summed E-state index contributed by atoms with van der Waals surface area (Å²) < 4.78 is 0. The van der Waals surface area contributed by atoms with Gasteiger partial charge >= 0.3 is 5.97 Å². The van der Waals surface area contributed by atoms with Crippen LogP contribution in [0.25, 0.3) is 0 Å². The highest BCUT2D eigenvalue weighted by Crippen LogP contribution is 2.18. The van der Waals surface area contributed by atoms with Crippen LogP contribution in [0.4, 0.5) is 0 Å². The maximum Gasteiger partial charge on any atom is 0.320 e. The summed E-state index contributed by atoms with van der Waals surface area (Å²) >= 11 is 0. The van der Waals surface area contributed by atoms with Crippen molar-refractivity contribution in [1.82, 2.24) is 4.90 Å². The third-order valence-corrected chi connectivity index (χ3v) is 2.40. The molecule has 0 saturated carbocycles. The Morgan fingerprint density at radius 2 is 2.46 bits per heavy atom. The standard InChI is InChI=1S/C9H15NO3/c1-7(6-11)5-10-4-2-3-8(10)9(12)13/h6-8H,2-5H2,1H3,(H,12,13)/t7?,8-/m0/s1. The molecule has 0 aromatic heterocycles. The molecule has 0 spiro atoms. The number of aldehydes is 1. The maximum atomic E-state index is 10.8. The zero-order chi connectivity index (χ0) is 9.84. The first-order chi connectivity index (χ1) is 6.15. The number of carboxylic acids is 1. The Morgan fingerprint density at radius 3 is 3.00 bits per heavy atom. The van der Waals surface area contributed by atoms with Crippen LogP contribution < -0.4 is 0 Å². The number of hydrogen-bond donors (Lipinski definition) is 1. The van der Waals surface area contributed by atoms with E-state index in [0.717, 1.165) is 19.3 Å². The molecular formula is C9H15NO3. The number of nitrogens with zero attached hydrogens (tertiary/aromatic N) is 1. The minimum atomic E-state index is -0.768. The van der Waals surface area contributed by atoms with Gasteiger partial charge in [0.25, 0.3) is 0 Å². The SMILES string of the molecule is CC(C=O)CN1CCC[C@H]1C(=O)O. The van der Waals surface area contributed by atoms with Crippen LogP contribution in [-0.4, -0.2) is 41.4 Å². The second kappa shape index (κ2) is 4.37. The monoisotopic (exact) mass is 185 g/mol. The Balaban J connectivity index is 2.48. The van der Waals surface area contributed by atoms with Crippen LogP contribution in [-0.2, 0) is 9.59 Å². The first-order valence-corrected chi connectivity index (χ1v) is 4.57. The fourth-order valence-electron chi connectivity index (χ4n) is 1.74. The van der Waals surface area contributed by atoms with E-state index in [1.54, 1.807) is 0 Å². The Kier molecular flexibility index (Phi) is 3.42. The van der Waals surface area contributed by atoms with Crippen molar-refractivity contribution in [3.63, 3.8) is 0 Å². The van der Waals surface area contributed by atoms with Crippen molar-refractivity contribution >= 4 is 12.3 Å². The maximum absolute atomic E-state index is 10.8. The molecule has 13 heavy (non-hydrogen) atoms. The number of aliphatic carboxylic acids is 1. The summed E-state index contributed by atoms with van der Waals surface area (Å²) in [6.07, 6.45) is 2.50. The van der Waals surface area contributed by atoms with Crippen LogP contribution in [0.3, 0.4) is 0 Å². The molecule has 74 valence electrons. The molecule has 1 aliphatic rings. The molecule has 0 amide bonds. The fraction of sp³-hybridized carbons (Fsp3) is 0.778. The predicted molar refractivity (Wildman–Crippen MR) is 47.5 cm³/mol. The molecular weight excluding hydrogens is 170 g/mol. The highest BCUT2D eigenvalue weighted by atomic mass is 16.4. The summed E-state index contributed by atoms with van der Waals surface area (Å²) in [5.74, 6) is -0.837. The van der Waals surface area contributed by atoms with Crippen molar-refractivity contribution in [2.24, 2.45) is 5.92 Å². The lowest BCUT2D eigenvalue weighted by atomic mass is 10.1. The van der Waals surface area contributed by atoms with E-state index in [9.17, 15) is 9.59 Å². The quantitative estimate of drug-likeness (QED) is 0.643. The topological polar surface area (TPSA) is 57.6 Å². The van der Waals surface area contributed by atoms with Gasteiger partial charge < -0.3 is 9.90 Å². The van der Waals surface area contributed by atoms with Gasteiger partial charge in [0.1, 0.15) is 12.3 Å². The van der Waals surface area contributed by atoms with Crippen LogP contribution >= 0.6 is 0 Å².